The summed E-state index contributed by atoms with van der Waals surface area (Å²) in [6.07, 6.45) is -8.58. The van der Waals surface area contributed by atoms with E-state index in [2.05, 4.69) is 15.9 Å². The van der Waals surface area contributed by atoms with Crippen LogP contribution in [0, 0.1) is 0 Å². The van der Waals surface area contributed by atoms with Gasteiger partial charge in [0.2, 0.25) is 0 Å². The van der Waals surface area contributed by atoms with Crippen LogP contribution in [-0.2, 0) is 0 Å². The summed E-state index contributed by atoms with van der Waals surface area (Å²) in [5.41, 5.74) is 0. The molecule has 0 saturated heterocycles. The monoisotopic (exact) mass is 560 g/mol. The summed E-state index contributed by atoms with van der Waals surface area (Å²) in [6.45, 7) is 1.74. The highest BCUT2D eigenvalue weighted by atomic mass is 79.9. The first-order valence-corrected chi connectivity index (χ1v) is 9.35. The Morgan fingerprint density at radius 2 is 0.935 bits per heavy atom. The molecule has 0 radical (unpaired) electrons. The standard InChI is InChI=1S/C15H16BrF15/c1-2-3-4-5-6-8(16)7-9(17,18)10(19,20)11(21,22)12(23,24)13(25,26)14(27,28)15(29,30)31/h8H,2-7H2,1H3. The van der Waals surface area contributed by atoms with E-state index in [0.29, 0.717) is 19.3 Å². The molecule has 0 aromatic heterocycles. The molecule has 1 unspecified atom stereocenters. The number of alkyl halides is 16. The molecule has 0 aliphatic rings. The van der Waals surface area contributed by atoms with E-state index in [1.807, 2.05) is 0 Å². The number of hydrogen-bond donors (Lipinski definition) is 0. The van der Waals surface area contributed by atoms with Crippen LogP contribution in [0.3, 0.4) is 0 Å². The molecular weight excluding hydrogens is 545 g/mol. The average molecular weight is 561 g/mol. The summed E-state index contributed by atoms with van der Waals surface area (Å²) < 4.78 is 196. The molecule has 0 nitrogen and oxygen atoms in total. The molecule has 0 aromatic carbocycles. The van der Waals surface area contributed by atoms with Gasteiger partial charge in [0.15, 0.2) is 0 Å². The Kier molecular flexibility index (Phi) is 9.18. The molecule has 0 rings (SSSR count). The van der Waals surface area contributed by atoms with Gasteiger partial charge in [0, 0.05) is 11.2 Å². The first-order chi connectivity index (χ1) is 13.5. The van der Waals surface area contributed by atoms with Gasteiger partial charge in [-0.1, -0.05) is 48.5 Å². The maximum absolute atomic E-state index is 13.7. The third-order valence-electron chi connectivity index (χ3n) is 4.24. The lowest BCUT2D eigenvalue weighted by Crippen LogP contribution is -2.72. The molecule has 1 atom stereocenters. The van der Waals surface area contributed by atoms with E-state index in [0.717, 1.165) is 0 Å². The molecule has 188 valence electrons. The van der Waals surface area contributed by atoms with Crippen molar-refractivity contribution in [2.75, 3.05) is 0 Å². The normalized spacial score (nSPS) is 16.5. The molecule has 16 heteroatoms. The second kappa shape index (κ2) is 9.35. The lowest BCUT2D eigenvalue weighted by atomic mass is 9.89. The van der Waals surface area contributed by atoms with Gasteiger partial charge in [-0.2, -0.15) is 65.9 Å². The molecule has 0 bridgehead atoms. The van der Waals surface area contributed by atoms with E-state index in [9.17, 15) is 65.9 Å². The number of halogens is 16. The Bertz CT molecular complexity index is 581. The van der Waals surface area contributed by atoms with Crippen molar-refractivity contribution in [3.63, 3.8) is 0 Å². The fourth-order valence-corrected chi connectivity index (χ4v) is 3.03. The van der Waals surface area contributed by atoms with Crippen LogP contribution in [0.4, 0.5) is 65.9 Å². The molecular formula is C15H16BrF15. The summed E-state index contributed by atoms with van der Waals surface area (Å²) in [7, 11) is 0. The van der Waals surface area contributed by atoms with Crippen molar-refractivity contribution in [3.8, 4) is 0 Å². The van der Waals surface area contributed by atoms with Gasteiger partial charge in [-0.05, 0) is 6.42 Å². The molecule has 0 saturated carbocycles. The molecule has 0 fully saturated rings. The Labute approximate surface area is 174 Å². The zero-order valence-electron chi connectivity index (χ0n) is 15.4. The van der Waals surface area contributed by atoms with Crippen molar-refractivity contribution >= 4 is 15.9 Å². The van der Waals surface area contributed by atoms with Gasteiger partial charge in [-0.25, -0.2) is 0 Å². The van der Waals surface area contributed by atoms with E-state index in [4.69, 9.17) is 0 Å². The van der Waals surface area contributed by atoms with Crippen LogP contribution in [0.15, 0.2) is 0 Å². The Morgan fingerprint density at radius 1 is 0.548 bits per heavy atom. The minimum absolute atomic E-state index is 0.0911. The predicted octanol–water partition coefficient (Wildman–Crippen LogP) is 8.48. The molecule has 0 spiro atoms. The van der Waals surface area contributed by atoms with Gasteiger partial charge < -0.3 is 0 Å². The molecule has 0 aliphatic heterocycles. The lowest BCUT2D eigenvalue weighted by molar-refractivity contribution is -0.452. The van der Waals surface area contributed by atoms with Crippen LogP contribution in [0.25, 0.3) is 0 Å². The minimum atomic E-state index is -8.23. The zero-order valence-corrected chi connectivity index (χ0v) is 17.0. The first kappa shape index (κ1) is 30.4. The fourth-order valence-electron chi connectivity index (χ4n) is 2.30. The van der Waals surface area contributed by atoms with Crippen LogP contribution in [0.1, 0.15) is 45.4 Å². The van der Waals surface area contributed by atoms with Crippen LogP contribution in [-0.4, -0.2) is 46.5 Å². The Hall–Kier alpha value is -0.570. The van der Waals surface area contributed by atoms with E-state index in [1.54, 1.807) is 6.92 Å². The van der Waals surface area contributed by atoms with Gasteiger partial charge in [-0.15, -0.1) is 0 Å². The Morgan fingerprint density at radius 3 is 1.32 bits per heavy atom. The largest absolute Gasteiger partial charge is 0.460 e. The van der Waals surface area contributed by atoms with Crippen LogP contribution < -0.4 is 0 Å². The van der Waals surface area contributed by atoms with Gasteiger partial charge in [0.05, 0.1) is 0 Å². The minimum Gasteiger partial charge on any atom is -0.200 e. The number of rotatable bonds is 12. The summed E-state index contributed by atoms with van der Waals surface area (Å²) in [5.74, 6) is -46.0. The van der Waals surface area contributed by atoms with Crippen molar-refractivity contribution in [3.05, 3.63) is 0 Å². The van der Waals surface area contributed by atoms with Gasteiger partial charge in [-0.3, -0.25) is 0 Å². The topological polar surface area (TPSA) is 0 Å². The van der Waals surface area contributed by atoms with Crippen molar-refractivity contribution in [2.24, 2.45) is 0 Å². The van der Waals surface area contributed by atoms with E-state index < -0.39 is 53.0 Å². The smallest absolute Gasteiger partial charge is 0.200 e. The first-order valence-electron chi connectivity index (χ1n) is 8.43. The summed E-state index contributed by atoms with van der Waals surface area (Å²) in [5, 5.41) is 0. The molecule has 0 amide bonds. The van der Waals surface area contributed by atoms with Crippen molar-refractivity contribution in [1.29, 1.82) is 0 Å². The van der Waals surface area contributed by atoms with Gasteiger partial charge in [0.25, 0.3) is 0 Å². The SMILES string of the molecule is CCCCCCC(Br)CC(F)(F)C(F)(F)C(F)(F)C(F)(F)C(F)(F)C(F)(F)C(F)(F)F. The summed E-state index contributed by atoms with van der Waals surface area (Å²) >= 11 is 2.41. The van der Waals surface area contributed by atoms with Crippen molar-refractivity contribution < 1.29 is 65.9 Å². The highest BCUT2D eigenvalue weighted by Crippen LogP contribution is 2.62. The van der Waals surface area contributed by atoms with Crippen molar-refractivity contribution in [2.45, 2.75) is 92.0 Å². The fraction of sp³-hybridized carbons (Fsp3) is 1.00. The average Bonchev–Trinajstić information content (AvgIpc) is 2.56. The lowest BCUT2D eigenvalue weighted by Gasteiger charge is -2.41. The molecule has 0 N–H and O–H groups in total. The number of hydrogen-bond acceptors (Lipinski definition) is 0. The maximum atomic E-state index is 13.7. The second-order valence-electron chi connectivity index (χ2n) is 6.72. The molecule has 0 heterocycles. The highest BCUT2D eigenvalue weighted by molar-refractivity contribution is 9.09. The Balaban J connectivity index is 5.98. The third kappa shape index (κ3) is 5.33. The summed E-state index contributed by atoms with van der Waals surface area (Å²) in [6, 6.07) is 0. The van der Waals surface area contributed by atoms with Gasteiger partial charge in [0.1, 0.15) is 0 Å². The van der Waals surface area contributed by atoms with Crippen LogP contribution in [0.2, 0.25) is 0 Å². The second-order valence-corrected chi connectivity index (χ2v) is 8.02. The van der Waals surface area contributed by atoms with E-state index >= 15 is 0 Å². The van der Waals surface area contributed by atoms with Crippen LogP contribution in [0.5, 0.6) is 0 Å². The van der Waals surface area contributed by atoms with E-state index in [1.165, 1.54) is 0 Å². The van der Waals surface area contributed by atoms with Crippen molar-refractivity contribution in [1.82, 2.24) is 0 Å². The summed E-state index contributed by atoms with van der Waals surface area (Å²) in [4.78, 5) is -1.72. The molecule has 0 aromatic rings. The third-order valence-corrected chi connectivity index (χ3v) is 5.02. The van der Waals surface area contributed by atoms with E-state index in [-0.39, 0.29) is 12.8 Å². The highest BCUT2D eigenvalue weighted by Gasteiger charge is 2.93. The molecule has 31 heavy (non-hydrogen) atoms. The predicted molar refractivity (Wildman–Crippen MR) is 81.8 cm³/mol. The number of unbranched alkanes of at least 4 members (excludes halogenated alkanes) is 3. The van der Waals surface area contributed by atoms with Crippen LogP contribution >= 0.6 is 15.9 Å². The molecule has 0 aliphatic carbocycles. The van der Waals surface area contributed by atoms with Gasteiger partial charge >= 0.3 is 41.7 Å². The quantitative estimate of drug-likeness (QED) is 0.127. The maximum Gasteiger partial charge on any atom is 0.460 e. The zero-order chi connectivity index (χ0) is 25.3.